The third-order valence-electron chi connectivity index (χ3n) is 3.48. The number of amides is 2. The Labute approximate surface area is 121 Å². The van der Waals surface area contributed by atoms with E-state index in [-0.39, 0.29) is 16.7 Å². The number of nitrogens with one attached hydrogen (secondary N) is 1. The van der Waals surface area contributed by atoms with Crippen LogP contribution < -0.4 is 5.32 Å². The van der Waals surface area contributed by atoms with Crippen LogP contribution in [0.1, 0.15) is 19.8 Å². The van der Waals surface area contributed by atoms with Gasteiger partial charge in [-0.05, 0) is 24.8 Å². The van der Waals surface area contributed by atoms with Gasteiger partial charge in [-0.1, -0.05) is 18.5 Å². The minimum absolute atomic E-state index is 0.0974. The molecule has 1 aromatic rings. The number of nitrogens with zero attached hydrogens (tertiary/aromatic N) is 2. The SMILES string of the molecule is CC1CCN(C(=O)Nc2ccc([N+](=O)[O-])cc2Cl)CC1. The molecule has 1 heterocycles. The topological polar surface area (TPSA) is 75.5 Å². The molecule has 1 aromatic carbocycles. The number of hydrogen-bond donors (Lipinski definition) is 1. The summed E-state index contributed by atoms with van der Waals surface area (Å²) in [4.78, 5) is 23.9. The first kappa shape index (κ1) is 14.6. The van der Waals surface area contributed by atoms with E-state index < -0.39 is 4.92 Å². The van der Waals surface area contributed by atoms with Gasteiger partial charge >= 0.3 is 6.03 Å². The van der Waals surface area contributed by atoms with E-state index in [4.69, 9.17) is 11.6 Å². The number of likely N-dealkylation sites (tertiary alicyclic amines) is 1. The Morgan fingerprint density at radius 3 is 2.65 bits per heavy atom. The first-order valence-electron chi connectivity index (χ1n) is 6.47. The second-order valence-electron chi connectivity index (χ2n) is 5.02. The average molecular weight is 298 g/mol. The molecule has 6 nitrogen and oxygen atoms in total. The number of halogens is 1. The summed E-state index contributed by atoms with van der Waals surface area (Å²) >= 11 is 5.94. The van der Waals surface area contributed by atoms with Crippen molar-refractivity contribution in [3.63, 3.8) is 0 Å². The molecule has 7 heteroatoms. The third-order valence-corrected chi connectivity index (χ3v) is 3.79. The predicted octanol–water partition coefficient (Wildman–Crippen LogP) is 3.51. The van der Waals surface area contributed by atoms with E-state index >= 15 is 0 Å². The van der Waals surface area contributed by atoms with Crippen LogP contribution >= 0.6 is 11.6 Å². The summed E-state index contributed by atoms with van der Waals surface area (Å²) in [6, 6.07) is 3.79. The highest BCUT2D eigenvalue weighted by Gasteiger charge is 2.21. The number of nitro benzene ring substituents is 1. The molecule has 0 atom stereocenters. The van der Waals surface area contributed by atoms with E-state index in [9.17, 15) is 14.9 Å². The maximum absolute atomic E-state index is 12.1. The van der Waals surface area contributed by atoms with E-state index in [2.05, 4.69) is 12.2 Å². The van der Waals surface area contributed by atoms with Crippen LogP contribution in [0.25, 0.3) is 0 Å². The third kappa shape index (κ3) is 3.39. The van der Waals surface area contributed by atoms with Gasteiger partial charge in [0.15, 0.2) is 0 Å². The molecule has 0 radical (unpaired) electrons. The molecule has 0 bridgehead atoms. The number of piperidine rings is 1. The largest absolute Gasteiger partial charge is 0.325 e. The molecule has 1 saturated heterocycles. The second kappa shape index (κ2) is 6.09. The molecule has 1 fully saturated rings. The smallest absolute Gasteiger partial charge is 0.321 e. The van der Waals surface area contributed by atoms with E-state index in [1.54, 1.807) is 4.90 Å². The van der Waals surface area contributed by atoms with Crippen molar-refractivity contribution in [3.05, 3.63) is 33.3 Å². The first-order valence-corrected chi connectivity index (χ1v) is 6.85. The quantitative estimate of drug-likeness (QED) is 0.670. The second-order valence-corrected chi connectivity index (χ2v) is 5.43. The Balaban J connectivity index is 2.02. The van der Waals surface area contributed by atoms with E-state index in [1.165, 1.54) is 18.2 Å². The maximum atomic E-state index is 12.1. The Kier molecular flexibility index (Phi) is 4.44. The molecule has 0 aliphatic carbocycles. The highest BCUT2D eigenvalue weighted by molar-refractivity contribution is 6.33. The molecule has 1 aliphatic heterocycles. The van der Waals surface area contributed by atoms with Crippen molar-refractivity contribution in [2.24, 2.45) is 5.92 Å². The molecule has 108 valence electrons. The highest BCUT2D eigenvalue weighted by atomic mass is 35.5. The molecule has 2 rings (SSSR count). The van der Waals surface area contributed by atoms with E-state index in [0.717, 1.165) is 25.9 Å². The van der Waals surface area contributed by atoms with Crippen molar-refractivity contribution < 1.29 is 9.72 Å². The zero-order chi connectivity index (χ0) is 14.7. The first-order chi connectivity index (χ1) is 9.47. The number of urea groups is 1. The van der Waals surface area contributed by atoms with Crippen LogP contribution in [-0.4, -0.2) is 28.9 Å². The van der Waals surface area contributed by atoms with Crippen molar-refractivity contribution in [1.82, 2.24) is 4.90 Å². The van der Waals surface area contributed by atoms with Gasteiger partial charge in [0.2, 0.25) is 0 Å². The number of benzene rings is 1. The zero-order valence-corrected chi connectivity index (χ0v) is 11.9. The lowest BCUT2D eigenvalue weighted by Crippen LogP contribution is -2.40. The molecular formula is C13H16ClN3O3. The fourth-order valence-corrected chi connectivity index (χ4v) is 2.35. The minimum atomic E-state index is -0.524. The standard InChI is InChI=1S/C13H16ClN3O3/c1-9-4-6-16(7-5-9)13(18)15-12-3-2-10(17(19)20)8-11(12)14/h2-3,8-9H,4-7H2,1H3,(H,15,18). The number of carbonyl (C=O) groups excluding carboxylic acids is 1. The Morgan fingerprint density at radius 2 is 2.10 bits per heavy atom. The Bertz CT molecular complexity index is 528. The highest BCUT2D eigenvalue weighted by Crippen LogP contribution is 2.27. The summed E-state index contributed by atoms with van der Waals surface area (Å²) in [6.45, 7) is 3.61. The number of anilines is 1. The number of carbonyl (C=O) groups is 1. The molecule has 1 N–H and O–H groups in total. The molecular weight excluding hydrogens is 282 g/mol. The summed E-state index contributed by atoms with van der Waals surface area (Å²) in [6.07, 6.45) is 1.98. The van der Waals surface area contributed by atoms with E-state index in [0.29, 0.717) is 11.6 Å². The normalized spacial score (nSPS) is 16.0. The lowest BCUT2D eigenvalue weighted by atomic mass is 10.00. The fraction of sp³-hybridized carbons (Fsp3) is 0.462. The summed E-state index contributed by atoms with van der Waals surface area (Å²) in [5, 5.41) is 13.5. The summed E-state index contributed by atoms with van der Waals surface area (Å²) in [5.74, 6) is 0.641. The van der Waals surface area contributed by atoms with Crippen LogP contribution in [-0.2, 0) is 0 Å². The zero-order valence-electron chi connectivity index (χ0n) is 11.1. The van der Waals surface area contributed by atoms with Gasteiger partial charge in [-0.15, -0.1) is 0 Å². The van der Waals surface area contributed by atoms with Crippen LogP contribution in [0.2, 0.25) is 5.02 Å². The fourth-order valence-electron chi connectivity index (χ4n) is 2.12. The van der Waals surface area contributed by atoms with Gasteiger partial charge in [-0.2, -0.15) is 0 Å². The van der Waals surface area contributed by atoms with Gasteiger partial charge < -0.3 is 10.2 Å². The van der Waals surface area contributed by atoms with Gasteiger partial charge in [-0.25, -0.2) is 4.79 Å². The van der Waals surface area contributed by atoms with Crippen molar-refractivity contribution in [3.8, 4) is 0 Å². The van der Waals surface area contributed by atoms with Crippen molar-refractivity contribution in [2.45, 2.75) is 19.8 Å². The van der Waals surface area contributed by atoms with E-state index in [1.807, 2.05) is 0 Å². The molecule has 0 spiro atoms. The van der Waals surface area contributed by atoms with Crippen molar-refractivity contribution in [1.29, 1.82) is 0 Å². The lowest BCUT2D eigenvalue weighted by Gasteiger charge is -2.30. The summed E-state index contributed by atoms with van der Waals surface area (Å²) < 4.78 is 0. The molecule has 0 aromatic heterocycles. The van der Waals surface area contributed by atoms with Crippen LogP contribution in [0.4, 0.5) is 16.2 Å². The lowest BCUT2D eigenvalue weighted by molar-refractivity contribution is -0.384. The van der Waals surface area contributed by atoms with Crippen molar-refractivity contribution in [2.75, 3.05) is 18.4 Å². The average Bonchev–Trinajstić information content (AvgIpc) is 2.41. The number of hydrogen-bond acceptors (Lipinski definition) is 3. The number of non-ortho nitro benzene ring substituents is 1. The molecule has 20 heavy (non-hydrogen) atoms. The Hall–Kier alpha value is -1.82. The molecule has 0 unspecified atom stereocenters. The maximum Gasteiger partial charge on any atom is 0.321 e. The van der Waals surface area contributed by atoms with Crippen LogP contribution in [0.15, 0.2) is 18.2 Å². The van der Waals surface area contributed by atoms with Gasteiger partial charge in [-0.3, -0.25) is 10.1 Å². The van der Waals surface area contributed by atoms with Gasteiger partial charge in [0.05, 0.1) is 15.6 Å². The van der Waals surface area contributed by atoms with Crippen LogP contribution in [0.5, 0.6) is 0 Å². The van der Waals surface area contributed by atoms with Gasteiger partial charge in [0.1, 0.15) is 0 Å². The predicted molar refractivity (Wildman–Crippen MR) is 77.1 cm³/mol. The minimum Gasteiger partial charge on any atom is -0.325 e. The number of rotatable bonds is 2. The van der Waals surface area contributed by atoms with Gasteiger partial charge in [0.25, 0.3) is 5.69 Å². The molecule has 2 amide bonds. The molecule has 1 aliphatic rings. The molecule has 0 saturated carbocycles. The summed E-state index contributed by atoms with van der Waals surface area (Å²) in [5.41, 5.74) is 0.292. The summed E-state index contributed by atoms with van der Waals surface area (Å²) in [7, 11) is 0. The monoisotopic (exact) mass is 297 g/mol. The number of nitro groups is 1. The van der Waals surface area contributed by atoms with Crippen molar-refractivity contribution >= 4 is 29.0 Å². The van der Waals surface area contributed by atoms with Gasteiger partial charge in [0, 0.05) is 25.2 Å². The Morgan fingerprint density at radius 1 is 1.45 bits per heavy atom. The van der Waals surface area contributed by atoms with Crippen LogP contribution in [0.3, 0.4) is 0 Å². The van der Waals surface area contributed by atoms with Crippen LogP contribution in [0, 0.1) is 16.0 Å².